The smallest absolute Gasteiger partial charge is 0.305 e. The lowest BCUT2D eigenvalue weighted by Crippen LogP contribution is -2.34. The molecule has 114 valence electrons. The summed E-state index contributed by atoms with van der Waals surface area (Å²) in [7, 11) is 0. The minimum Gasteiger partial charge on any atom is -0.305 e. The van der Waals surface area contributed by atoms with E-state index in [-0.39, 0.29) is 16.3 Å². The molecule has 2 rings (SSSR count). The molecule has 0 fully saturated rings. The maximum Gasteiger partial charge on any atom is 0.326 e. The Kier molecular flexibility index (Phi) is 4.67. The minimum absolute atomic E-state index is 0.0545. The lowest BCUT2D eigenvalue weighted by molar-refractivity contribution is 0.0967. The molecule has 0 saturated heterocycles. The Hall–Kier alpha value is -2.54. The first-order valence-corrected chi connectivity index (χ1v) is 6.27. The zero-order valence-electron chi connectivity index (χ0n) is 10.8. The molecule has 0 radical (unpaired) electrons. The highest BCUT2D eigenvalue weighted by Crippen LogP contribution is 2.16. The summed E-state index contributed by atoms with van der Waals surface area (Å²) >= 11 is 5.52. The number of amides is 3. The molecule has 0 heterocycles. The fraction of sp³-hybridized carbons (Fsp3) is 0. The number of rotatable bonds is 2. The van der Waals surface area contributed by atoms with Crippen molar-refractivity contribution in [1.29, 1.82) is 0 Å². The van der Waals surface area contributed by atoms with Gasteiger partial charge < -0.3 is 5.32 Å². The van der Waals surface area contributed by atoms with Crippen LogP contribution in [0.2, 0.25) is 5.02 Å². The Labute approximate surface area is 127 Å². The quantitative estimate of drug-likeness (QED) is 0.882. The Bertz CT molecular complexity index is 753. The SMILES string of the molecule is O=C(NC(=O)c1ccc(F)c(Cl)c1)Nc1ccc(F)cc1F. The van der Waals surface area contributed by atoms with Gasteiger partial charge in [0.1, 0.15) is 17.5 Å². The second kappa shape index (κ2) is 6.48. The van der Waals surface area contributed by atoms with Gasteiger partial charge in [-0.2, -0.15) is 0 Å². The van der Waals surface area contributed by atoms with Crippen molar-refractivity contribution in [3.63, 3.8) is 0 Å². The highest BCUT2D eigenvalue weighted by molar-refractivity contribution is 6.31. The zero-order valence-corrected chi connectivity index (χ0v) is 11.5. The van der Waals surface area contributed by atoms with Crippen LogP contribution in [0.5, 0.6) is 0 Å². The van der Waals surface area contributed by atoms with Crippen LogP contribution in [0.25, 0.3) is 0 Å². The van der Waals surface area contributed by atoms with Crippen LogP contribution in [-0.4, -0.2) is 11.9 Å². The lowest BCUT2D eigenvalue weighted by atomic mass is 10.2. The number of hydrogen-bond donors (Lipinski definition) is 2. The third kappa shape index (κ3) is 3.76. The fourth-order valence-corrected chi connectivity index (χ4v) is 1.74. The van der Waals surface area contributed by atoms with Crippen LogP contribution in [-0.2, 0) is 0 Å². The number of nitrogens with one attached hydrogen (secondary N) is 2. The summed E-state index contributed by atoms with van der Waals surface area (Å²) in [5, 5.41) is 3.67. The van der Waals surface area contributed by atoms with Gasteiger partial charge in [0, 0.05) is 11.6 Å². The van der Waals surface area contributed by atoms with Crippen LogP contribution in [0, 0.1) is 17.5 Å². The summed E-state index contributed by atoms with van der Waals surface area (Å²) in [5.74, 6) is -3.37. The third-order valence-corrected chi connectivity index (χ3v) is 2.88. The Morgan fingerprint density at radius 3 is 2.32 bits per heavy atom. The summed E-state index contributed by atoms with van der Waals surface area (Å²) in [6, 6.07) is 4.63. The van der Waals surface area contributed by atoms with E-state index in [4.69, 9.17) is 11.6 Å². The van der Waals surface area contributed by atoms with Crippen molar-refractivity contribution in [2.24, 2.45) is 0 Å². The number of urea groups is 1. The summed E-state index contributed by atoms with van der Waals surface area (Å²) in [6.07, 6.45) is 0. The van der Waals surface area contributed by atoms with E-state index in [1.165, 1.54) is 0 Å². The first-order valence-electron chi connectivity index (χ1n) is 5.89. The number of anilines is 1. The van der Waals surface area contributed by atoms with Crippen LogP contribution in [0.3, 0.4) is 0 Å². The van der Waals surface area contributed by atoms with E-state index >= 15 is 0 Å². The van der Waals surface area contributed by atoms with Crippen LogP contribution in [0.15, 0.2) is 36.4 Å². The molecule has 0 aliphatic heterocycles. The first-order chi connectivity index (χ1) is 10.4. The topological polar surface area (TPSA) is 58.2 Å². The molecule has 8 heteroatoms. The molecule has 0 aliphatic carbocycles. The second-order valence-corrected chi connectivity index (χ2v) is 4.57. The number of benzene rings is 2. The molecule has 3 amide bonds. The molecule has 2 N–H and O–H groups in total. The van der Waals surface area contributed by atoms with Gasteiger partial charge >= 0.3 is 6.03 Å². The molecule has 4 nitrogen and oxygen atoms in total. The third-order valence-electron chi connectivity index (χ3n) is 2.59. The molecule has 2 aromatic carbocycles. The molecule has 0 saturated carbocycles. The predicted molar refractivity (Wildman–Crippen MR) is 74.3 cm³/mol. The van der Waals surface area contributed by atoms with Gasteiger partial charge in [-0.15, -0.1) is 0 Å². The van der Waals surface area contributed by atoms with Crippen molar-refractivity contribution in [3.8, 4) is 0 Å². The van der Waals surface area contributed by atoms with E-state index in [1.807, 2.05) is 10.6 Å². The lowest BCUT2D eigenvalue weighted by Gasteiger charge is -2.08. The van der Waals surface area contributed by atoms with E-state index in [0.29, 0.717) is 6.07 Å². The maximum atomic E-state index is 13.3. The monoisotopic (exact) mass is 328 g/mol. The fourth-order valence-electron chi connectivity index (χ4n) is 1.56. The van der Waals surface area contributed by atoms with E-state index in [9.17, 15) is 22.8 Å². The summed E-state index contributed by atoms with van der Waals surface area (Å²) in [5.41, 5.74) is -0.357. The summed E-state index contributed by atoms with van der Waals surface area (Å²) in [6.45, 7) is 0. The van der Waals surface area contributed by atoms with Crippen molar-refractivity contribution in [2.45, 2.75) is 0 Å². The number of carbonyl (C=O) groups excluding carboxylic acids is 2. The molecular weight excluding hydrogens is 321 g/mol. The predicted octanol–water partition coefficient (Wildman–Crippen LogP) is 3.72. The van der Waals surface area contributed by atoms with Gasteiger partial charge in [-0.1, -0.05) is 11.6 Å². The molecule has 0 aliphatic rings. The van der Waals surface area contributed by atoms with Crippen molar-refractivity contribution in [2.75, 3.05) is 5.32 Å². The Morgan fingerprint density at radius 1 is 0.955 bits per heavy atom. The average molecular weight is 329 g/mol. The van der Waals surface area contributed by atoms with Crippen LogP contribution in [0.1, 0.15) is 10.4 Å². The van der Waals surface area contributed by atoms with E-state index in [1.54, 1.807) is 0 Å². The normalized spacial score (nSPS) is 10.2. The van der Waals surface area contributed by atoms with E-state index in [2.05, 4.69) is 0 Å². The average Bonchev–Trinajstić information content (AvgIpc) is 2.45. The standard InChI is InChI=1S/C14H8ClF3N2O2/c15-9-5-7(1-3-10(9)17)13(21)20-14(22)19-12-4-2-8(16)6-11(12)18/h1-6H,(H2,19,20,21,22). The highest BCUT2D eigenvalue weighted by Gasteiger charge is 2.14. The summed E-state index contributed by atoms with van der Waals surface area (Å²) < 4.78 is 39.0. The van der Waals surface area contributed by atoms with Gasteiger partial charge in [-0.25, -0.2) is 18.0 Å². The maximum absolute atomic E-state index is 13.3. The second-order valence-electron chi connectivity index (χ2n) is 4.16. The highest BCUT2D eigenvalue weighted by atomic mass is 35.5. The van der Waals surface area contributed by atoms with E-state index in [0.717, 1.165) is 30.3 Å². The number of halogens is 4. The number of carbonyl (C=O) groups is 2. The van der Waals surface area contributed by atoms with Gasteiger partial charge in [0.05, 0.1) is 10.7 Å². The number of hydrogen-bond acceptors (Lipinski definition) is 2. The zero-order chi connectivity index (χ0) is 16.3. The van der Waals surface area contributed by atoms with Crippen molar-refractivity contribution < 1.29 is 22.8 Å². The van der Waals surface area contributed by atoms with Crippen LogP contribution in [0.4, 0.5) is 23.7 Å². The molecule has 0 aromatic heterocycles. The Balaban J connectivity index is 2.05. The number of imide groups is 1. The van der Waals surface area contributed by atoms with Gasteiger partial charge in [-0.05, 0) is 30.3 Å². The van der Waals surface area contributed by atoms with Gasteiger partial charge in [0.25, 0.3) is 5.91 Å². The molecule has 22 heavy (non-hydrogen) atoms. The largest absolute Gasteiger partial charge is 0.326 e. The molecule has 0 unspecified atom stereocenters. The van der Waals surface area contributed by atoms with Gasteiger partial charge in [-0.3, -0.25) is 10.1 Å². The van der Waals surface area contributed by atoms with Crippen molar-refractivity contribution in [1.82, 2.24) is 5.32 Å². The van der Waals surface area contributed by atoms with Crippen molar-refractivity contribution >= 4 is 29.2 Å². The molecular formula is C14H8ClF3N2O2. The van der Waals surface area contributed by atoms with Crippen LogP contribution >= 0.6 is 11.6 Å². The summed E-state index contributed by atoms with van der Waals surface area (Å²) in [4.78, 5) is 23.3. The van der Waals surface area contributed by atoms with E-state index < -0.39 is 29.4 Å². The molecule has 0 spiro atoms. The van der Waals surface area contributed by atoms with Crippen molar-refractivity contribution in [3.05, 3.63) is 64.4 Å². The van der Waals surface area contributed by atoms with Crippen LogP contribution < -0.4 is 10.6 Å². The first kappa shape index (κ1) is 15.8. The molecule has 0 bridgehead atoms. The minimum atomic E-state index is -1.03. The molecule has 0 atom stereocenters. The Morgan fingerprint density at radius 2 is 1.68 bits per heavy atom. The van der Waals surface area contributed by atoms with Gasteiger partial charge in [0.15, 0.2) is 0 Å². The molecule has 2 aromatic rings. The van der Waals surface area contributed by atoms with Gasteiger partial charge in [0.2, 0.25) is 0 Å².